The quantitative estimate of drug-likeness (QED) is 0.707. The number of methoxy groups -OCH3 is 1. The number of rotatable bonds is 9. The van der Waals surface area contributed by atoms with E-state index in [1.807, 2.05) is 54.6 Å². The lowest BCUT2D eigenvalue weighted by Crippen LogP contribution is -2.43. The molecule has 1 aliphatic rings. The zero-order valence-corrected chi connectivity index (χ0v) is 16.8. The highest BCUT2D eigenvalue weighted by Gasteiger charge is 2.24. The Hall–Kier alpha value is -2.86. The molecule has 1 unspecified atom stereocenters. The fourth-order valence-electron chi connectivity index (χ4n) is 3.46. The van der Waals surface area contributed by atoms with Crippen LogP contribution in [0.3, 0.4) is 0 Å². The summed E-state index contributed by atoms with van der Waals surface area (Å²) in [6.45, 7) is 1.62. The summed E-state index contributed by atoms with van der Waals surface area (Å²) in [6.07, 6.45) is 2.24. The van der Waals surface area contributed by atoms with E-state index in [9.17, 15) is 9.59 Å². The SMILES string of the molecule is COc1ccccc1CN(CC1CCCO1)C(=O)CNC(=O)Cc1ccccc1. The van der Waals surface area contributed by atoms with Gasteiger partial charge in [0.05, 0.1) is 26.2 Å². The van der Waals surface area contributed by atoms with Crippen LogP contribution in [0.2, 0.25) is 0 Å². The van der Waals surface area contributed by atoms with Crippen molar-refractivity contribution in [3.63, 3.8) is 0 Å². The maximum absolute atomic E-state index is 12.9. The molecule has 1 heterocycles. The van der Waals surface area contributed by atoms with Crippen molar-refractivity contribution < 1.29 is 19.1 Å². The normalized spacial score (nSPS) is 15.7. The fraction of sp³-hybridized carbons (Fsp3) is 0.391. The molecule has 0 bridgehead atoms. The number of nitrogens with one attached hydrogen (secondary N) is 1. The zero-order valence-electron chi connectivity index (χ0n) is 16.8. The minimum Gasteiger partial charge on any atom is -0.496 e. The predicted octanol–water partition coefficient (Wildman–Crippen LogP) is 2.56. The third-order valence-electron chi connectivity index (χ3n) is 5.00. The minimum absolute atomic E-state index is 0.0342. The van der Waals surface area contributed by atoms with E-state index in [2.05, 4.69) is 5.32 Å². The van der Waals surface area contributed by atoms with Crippen molar-refractivity contribution in [3.05, 3.63) is 65.7 Å². The van der Waals surface area contributed by atoms with Crippen LogP contribution in [0.25, 0.3) is 0 Å². The van der Waals surface area contributed by atoms with E-state index in [0.717, 1.165) is 36.3 Å². The number of carbonyl (C=O) groups excluding carboxylic acids is 2. The Morgan fingerprint density at radius 3 is 2.62 bits per heavy atom. The number of para-hydroxylation sites is 1. The number of hydrogen-bond donors (Lipinski definition) is 1. The fourth-order valence-corrected chi connectivity index (χ4v) is 3.46. The molecule has 0 saturated carbocycles. The van der Waals surface area contributed by atoms with Gasteiger partial charge in [-0.25, -0.2) is 0 Å². The number of benzene rings is 2. The molecule has 1 fully saturated rings. The van der Waals surface area contributed by atoms with E-state index in [4.69, 9.17) is 9.47 Å². The van der Waals surface area contributed by atoms with Crippen molar-refractivity contribution >= 4 is 11.8 Å². The first-order valence-electron chi connectivity index (χ1n) is 9.97. The van der Waals surface area contributed by atoms with Crippen molar-refractivity contribution in [2.45, 2.75) is 31.9 Å². The van der Waals surface area contributed by atoms with Gasteiger partial charge in [0, 0.05) is 25.3 Å². The maximum atomic E-state index is 12.9. The molecule has 3 rings (SSSR count). The second kappa shape index (κ2) is 10.6. The first-order valence-corrected chi connectivity index (χ1v) is 9.97. The summed E-state index contributed by atoms with van der Waals surface area (Å²) in [7, 11) is 1.62. The van der Waals surface area contributed by atoms with Gasteiger partial charge in [0.25, 0.3) is 0 Å². The van der Waals surface area contributed by atoms with E-state index in [1.54, 1.807) is 12.0 Å². The first kappa shape index (κ1) is 20.9. The molecular formula is C23H28N2O4. The first-order chi connectivity index (χ1) is 14.2. The van der Waals surface area contributed by atoms with E-state index in [0.29, 0.717) is 13.1 Å². The second-order valence-corrected chi connectivity index (χ2v) is 7.16. The minimum atomic E-state index is -0.168. The number of amides is 2. The van der Waals surface area contributed by atoms with Crippen molar-refractivity contribution in [1.82, 2.24) is 10.2 Å². The summed E-state index contributed by atoms with van der Waals surface area (Å²) in [5.41, 5.74) is 1.85. The van der Waals surface area contributed by atoms with Crippen LogP contribution in [0, 0.1) is 0 Å². The largest absolute Gasteiger partial charge is 0.496 e. The van der Waals surface area contributed by atoms with Crippen LogP contribution in [-0.2, 0) is 27.3 Å². The molecule has 1 N–H and O–H groups in total. The molecule has 2 aromatic rings. The van der Waals surface area contributed by atoms with Crippen LogP contribution in [0.1, 0.15) is 24.0 Å². The summed E-state index contributed by atoms with van der Waals surface area (Å²) < 4.78 is 11.1. The molecule has 29 heavy (non-hydrogen) atoms. The molecular weight excluding hydrogens is 368 g/mol. The molecule has 1 aliphatic heterocycles. The van der Waals surface area contributed by atoms with E-state index >= 15 is 0 Å². The molecule has 154 valence electrons. The zero-order chi connectivity index (χ0) is 20.5. The van der Waals surface area contributed by atoms with Crippen LogP contribution < -0.4 is 10.1 Å². The Bertz CT molecular complexity index is 804. The van der Waals surface area contributed by atoms with E-state index < -0.39 is 0 Å². The Labute approximate surface area is 171 Å². The highest BCUT2D eigenvalue weighted by molar-refractivity contribution is 5.85. The van der Waals surface area contributed by atoms with Crippen LogP contribution in [0.5, 0.6) is 5.75 Å². The number of nitrogens with zero attached hydrogens (tertiary/aromatic N) is 1. The smallest absolute Gasteiger partial charge is 0.242 e. The van der Waals surface area contributed by atoms with Crippen LogP contribution in [0.15, 0.2) is 54.6 Å². The maximum Gasteiger partial charge on any atom is 0.242 e. The van der Waals surface area contributed by atoms with E-state index in [1.165, 1.54) is 0 Å². The van der Waals surface area contributed by atoms with E-state index in [-0.39, 0.29) is 30.9 Å². The van der Waals surface area contributed by atoms with Crippen LogP contribution in [0.4, 0.5) is 0 Å². The van der Waals surface area contributed by atoms with Gasteiger partial charge in [0.15, 0.2) is 0 Å². The van der Waals surface area contributed by atoms with Gasteiger partial charge in [0.2, 0.25) is 11.8 Å². The van der Waals surface area contributed by atoms with Crippen LogP contribution in [-0.4, -0.2) is 49.6 Å². The topological polar surface area (TPSA) is 67.9 Å². The van der Waals surface area contributed by atoms with Crippen molar-refractivity contribution in [1.29, 1.82) is 0 Å². The summed E-state index contributed by atoms with van der Waals surface area (Å²) in [5, 5.41) is 2.75. The second-order valence-electron chi connectivity index (χ2n) is 7.16. The van der Waals surface area contributed by atoms with Gasteiger partial charge in [-0.3, -0.25) is 9.59 Å². The summed E-state index contributed by atoms with van der Waals surface area (Å²) in [5.74, 6) is 0.442. The third kappa shape index (κ3) is 6.32. The molecule has 2 amide bonds. The molecule has 0 radical (unpaired) electrons. The summed E-state index contributed by atoms with van der Waals surface area (Å²) in [6, 6.07) is 17.1. The molecule has 2 aromatic carbocycles. The van der Waals surface area contributed by atoms with Gasteiger partial charge >= 0.3 is 0 Å². The lowest BCUT2D eigenvalue weighted by molar-refractivity contribution is -0.134. The van der Waals surface area contributed by atoms with Gasteiger partial charge in [-0.1, -0.05) is 48.5 Å². The van der Waals surface area contributed by atoms with Gasteiger partial charge in [-0.05, 0) is 24.5 Å². The van der Waals surface area contributed by atoms with Gasteiger partial charge in [-0.15, -0.1) is 0 Å². The average molecular weight is 396 g/mol. The van der Waals surface area contributed by atoms with Crippen molar-refractivity contribution in [2.24, 2.45) is 0 Å². The predicted molar refractivity (Wildman–Crippen MR) is 111 cm³/mol. The lowest BCUT2D eigenvalue weighted by Gasteiger charge is -2.26. The van der Waals surface area contributed by atoms with Crippen molar-refractivity contribution in [3.8, 4) is 5.75 Å². The highest BCUT2D eigenvalue weighted by atomic mass is 16.5. The molecule has 6 heteroatoms. The Morgan fingerprint density at radius 2 is 1.90 bits per heavy atom. The third-order valence-corrected chi connectivity index (χ3v) is 5.00. The summed E-state index contributed by atoms with van der Waals surface area (Å²) >= 11 is 0. The van der Waals surface area contributed by atoms with Gasteiger partial charge in [-0.2, -0.15) is 0 Å². The highest BCUT2D eigenvalue weighted by Crippen LogP contribution is 2.21. The Kier molecular flexibility index (Phi) is 7.64. The molecule has 1 atom stereocenters. The standard InChI is InChI=1S/C23H28N2O4/c1-28-21-12-6-5-10-19(21)16-25(17-20-11-7-13-29-20)23(27)15-24-22(26)14-18-8-3-2-4-9-18/h2-6,8-10,12,20H,7,11,13-17H2,1H3,(H,24,26). The van der Waals surface area contributed by atoms with Crippen molar-refractivity contribution in [2.75, 3.05) is 26.8 Å². The average Bonchev–Trinajstić information content (AvgIpc) is 3.26. The molecule has 1 saturated heterocycles. The molecule has 0 aromatic heterocycles. The van der Waals surface area contributed by atoms with Gasteiger partial charge < -0.3 is 19.7 Å². The molecule has 6 nitrogen and oxygen atoms in total. The molecule has 0 aliphatic carbocycles. The Balaban J connectivity index is 1.61. The van der Waals surface area contributed by atoms with Crippen LogP contribution >= 0.6 is 0 Å². The Morgan fingerprint density at radius 1 is 1.14 bits per heavy atom. The monoisotopic (exact) mass is 396 g/mol. The molecule has 0 spiro atoms. The number of carbonyl (C=O) groups is 2. The number of ether oxygens (including phenoxy) is 2. The number of hydrogen-bond acceptors (Lipinski definition) is 4. The van der Waals surface area contributed by atoms with Gasteiger partial charge in [0.1, 0.15) is 5.75 Å². The summed E-state index contributed by atoms with van der Waals surface area (Å²) in [4.78, 5) is 26.9. The lowest BCUT2D eigenvalue weighted by atomic mass is 10.1.